The SMILES string of the molecule is Cc1cc(C(=O)NCc2ccccc2O)on1. The molecule has 0 unspecified atom stereocenters. The van der Waals surface area contributed by atoms with Crippen LogP contribution < -0.4 is 5.32 Å². The van der Waals surface area contributed by atoms with Crippen molar-refractivity contribution in [1.29, 1.82) is 0 Å². The first-order valence-corrected chi connectivity index (χ1v) is 5.15. The maximum Gasteiger partial charge on any atom is 0.290 e. The number of carbonyl (C=O) groups is 1. The topological polar surface area (TPSA) is 75.4 Å². The van der Waals surface area contributed by atoms with Crippen LogP contribution in [0, 0.1) is 6.92 Å². The van der Waals surface area contributed by atoms with Gasteiger partial charge in [-0.2, -0.15) is 0 Å². The van der Waals surface area contributed by atoms with Crippen LogP contribution in [0.25, 0.3) is 0 Å². The predicted octanol–water partition coefficient (Wildman–Crippen LogP) is 1.62. The van der Waals surface area contributed by atoms with Gasteiger partial charge < -0.3 is 14.9 Å². The van der Waals surface area contributed by atoms with Gasteiger partial charge in [-0.25, -0.2) is 0 Å². The zero-order valence-electron chi connectivity index (χ0n) is 9.30. The fourth-order valence-corrected chi connectivity index (χ4v) is 1.39. The van der Waals surface area contributed by atoms with Crippen molar-refractivity contribution in [3.63, 3.8) is 0 Å². The van der Waals surface area contributed by atoms with E-state index in [0.29, 0.717) is 11.3 Å². The summed E-state index contributed by atoms with van der Waals surface area (Å²) >= 11 is 0. The maximum atomic E-state index is 11.6. The molecule has 0 aliphatic heterocycles. The number of nitrogens with one attached hydrogen (secondary N) is 1. The van der Waals surface area contributed by atoms with Gasteiger partial charge in [-0.15, -0.1) is 0 Å². The highest BCUT2D eigenvalue weighted by atomic mass is 16.5. The molecule has 0 saturated carbocycles. The molecule has 2 aromatic rings. The third-order valence-electron chi connectivity index (χ3n) is 2.28. The summed E-state index contributed by atoms with van der Waals surface area (Å²) in [5.41, 5.74) is 1.30. The molecule has 1 aromatic heterocycles. The predicted molar refractivity (Wildman–Crippen MR) is 60.5 cm³/mol. The number of aromatic nitrogens is 1. The summed E-state index contributed by atoms with van der Waals surface area (Å²) in [5, 5.41) is 15.8. The summed E-state index contributed by atoms with van der Waals surface area (Å²) in [6.45, 7) is 1.98. The number of carbonyl (C=O) groups excluding carboxylic acids is 1. The van der Waals surface area contributed by atoms with E-state index in [4.69, 9.17) is 4.52 Å². The molecule has 0 saturated heterocycles. The normalized spacial score (nSPS) is 10.2. The molecule has 5 heteroatoms. The Kier molecular flexibility index (Phi) is 3.09. The van der Waals surface area contributed by atoms with Crippen molar-refractivity contribution in [2.24, 2.45) is 0 Å². The zero-order chi connectivity index (χ0) is 12.3. The largest absolute Gasteiger partial charge is 0.508 e. The highest BCUT2D eigenvalue weighted by molar-refractivity contribution is 5.91. The molecular weight excluding hydrogens is 220 g/mol. The van der Waals surface area contributed by atoms with Crippen molar-refractivity contribution < 1.29 is 14.4 Å². The molecule has 5 nitrogen and oxygen atoms in total. The van der Waals surface area contributed by atoms with Crippen LogP contribution >= 0.6 is 0 Å². The van der Waals surface area contributed by atoms with Gasteiger partial charge in [0.2, 0.25) is 5.76 Å². The lowest BCUT2D eigenvalue weighted by atomic mass is 10.2. The fourth-order valence-electron chi connectivity index (χ4n) is 1.39. The molecule has 0 aliphatic carbocycles. The Balaban J connectivity index is 1.99. The summed E-state index contributed by atoms with van der Waals surface area (Å²) < 4.78 is 4.82. The highest BCUT2D eigenvalue weighted by Crippen LogP contribution is 2.15. The average Bonchev–Trinajstić information content (AvgIpc) is 2.74. The smallest absolute Gasteiger partial charge is 0.290 e. The van der Waals surface area contributed by atoms with Gasteiger partial charge >= 0.3 is 0 Å². The van der Waals surface area contributed by atoms with E-state index in [2.05, 4.69) is 10.5 Å². The van der Waals surface area contributed by atoms with E-state index in [0.717, 1.165) is 0 Å². The fraction of sp³-hybridized carbons (Fsp3) is 0.167. The average molecular weight is 232 g/mol. The second kappa shape index (κ2) is 4.69. The van der Waals surface area contributed by atoms with Crippen molar-refractivity contribution in [2.45, 2.75) is 13.5 Å². The molecule has 2 rings (SSSR count). The number of amides is 1. The minimum atomic E-state index is -0.353. The minimum Gasteiger partial charge on any atom is -0.508 e. The van der Waals surface area contributed by atoms with Gasteiger partial charge in [0.05, 0.1) is 5.69 Å². The van der Waals surface area contributed by atoms with Gasteiger partial charge in [-0.1, -0.05) is 23.4 Å². The number of aryl methyl sites for hydroxylation is 1. The van der Waals surface area contributed by atoms with Gasteiger partial charge in [0.15, 0.2) is 0 Å². The van der Waals surface area contributed by atoms with Crippen molar-refractivity contribution in [2.75, 3.05) is 0 Å². The van der Waals surface area contributed by atoms with E-state index in [-0.39, 0.29) is 24.0 Å². The molecule has 1 amide bonds. The molecule has 0 bridgehead atoms. The number of benzene rings is 1. The lowest BCUT2D eigenvalue weighted by Crippen LogP contribution is -2.22. The van der Waals surface area contributed by atoms with Crippen molar-refractivity contribution in [1.82, 2.24) is 10.5 Å². The summed E-state index contributed by atoms with van der Waals surface area (Å²) in [6.07, 6.45) is 0. The minimum absolute atomic E-state index is 0.154. The second-order valence-corrected chi connectivity index (χ2v) is 3.64. The van der Waals surface area contributed by atoms with E-state index >= 15 is 0 Å². The number of aromatic hydroxyl groups is 1. The quantitative estimate of drug-likeness (QED) is 0.843. The van der Waals surface area contributed by atoms with Gasteiger partial charge in [0.25, 0.3) is 5.91 Å². The molecule has 1 heterocycles. The molecule has 0 radical (unpaired) electrons. The Morgan fingerprint density at radius 3 is 2.88 bits per heavy atom. The molecule has 88 valence electrons. The van der Waals surface area contributed by atoms with E-state index in [1.807, 2.05) is 0 Å². The lowest BCUT2D eigenvalue weighted by molar-refractivity contribution is 0.0913. The van der Waals surface area contributed by atoms with Crippen molar-refractivity contribution >= 4 is 5.91 Å². The van der Waals surface area contributed by atoms with E-state index in [9.17, 15) is 9.90 Å². The number of nitrogens with zero attached hydrogens (tertiary/aromatic N) is 1. The molecule has 0 spiro atoms. The Hall–Kier alpha value is -2.30. The van der Waals surface area contributed by atoms with Crippen LogP contribution in [0.1, 0.15) is 21.8 Å². The number of hydrogen-bond acceptors (Lipinski definition) is 4. The van der Waals surface area contributed by atoms with Gasteiger partial charge in [-0.3, -0.25) is 4.79 Å². The summed E-state index contributed by atoms with van der Waals surface area (Å²) in [4.78, 5) is 11.6. The van der Waals surface area contributed by atoms with Crippen LogP contribution in [-0.2, 0) is 6.54 Å². The van der Waals surface area contributed by atoms with Crippen LogP contribution in [0.15, 0.2) is 34.9 Å². The first kappa shape index (κ1) is 11.2. The molecule has 0 atom stereocenters. The summed E-state index contributed by atoms with van der Waals surface area (Å²) in [5.74, 6) is -0.0340. The standard InChI is InChI=1S/C12H12N2O3/c1-8-6-11(17-14-8)12(16)13-7-9-4-2-3-5-10(9)15/h2-6,15H,7H2,1H3,(H,13,16). The third kappa shape index (κ3) is 2.63. The van der Waals surface area contributed by atoms with Crippen molar-refractivity contribution in [3.8, 4) is 5.75 Å². The molecule has 17 heavy (non-hydrogen) atoms. The molecule has 0 fully saturated rings. The van der Waals surface area contributed by atoms with Gasteiger partial charge in [0, 0.05) is 18.2 Å². The second-order valence-electron chi connectivity index (χ2n) is 3.64. The number of phenols is 1. The van der Waals surface area contributed by atoms with Gasteiger partial charge in [0.1, 0.15) is 5.75 Å². The zero-order valence-corrected chi connectivity index (χ0v) is 9.30. The Morgan fingerprint density at radius 1 is 1.47 bits per heavy atom. The Morgan fingerprint density at radius 2 is 2.24 bits per heavy atom. The first-order chi connectivity index (χ1) is 8.16. The summed E-state index contributed by atoms with van der Waals surface area (Å²) in [6, 6.07) is 8.38. The monoisotopic (exact) mass is 232 g/mol. The molecular formula is C12H12N2O3. The van der Waals surface area contributed by atoms with Gasteiger partial charge in [-0.05, 0) is 13.0 Å². The van der Waals surface area contributed by atoms with Crippen LogP contribution in [0.2, 0.25) is 0 Å². The van der Waals surface area contributed by atoms with Crippen LogP contribution in [0.5, 0.6) is 5.75 Å². The van der Waals surface area contributed by atoms with E-state index < -0.39 is 0 Å². The molecule has 0 aliphatic rings. The van der Waals surface area contributed by atoms with E-state index in [1.165, 1.54) is 0 Å². The first-order valence-electron chi connectivity index (χ1n) is 5.15. The lowest BCUT2D eigenvalue weighted by Gasteiger charge is -2.04. The number of phenolic OH excluding ortho intramolecular Hbond substituents is 1. The number of para-hydroxylation sites is 1. The van der Waals surface area contributed by atoms with Crippen molar-refractivity contribution in [3.05, 3.63) is 47.3 Å². The van der Waals surface area contributed by atoms with Crippen LogP contribution in [0.4, 0.5) is 0 Å². The molecule has 1 aromatic carbocycles. The molecule has 2 N–H and O–H groups in total. The Bertz CT molecular complexity index is 534. The third-order valence-corrected chi connectivity index (χ3v) is 2.28. The Labute approximate surface area is 98.1 Å². The van der Waals surface area contributed by atoms with Crippen LogP contribution in [-0.4, -0.2) is 16.2 Å². The number of rotatable bonds is 3. The van der Waals surface area contributed by atoms with E-state index in [1.54, 1.807) is 37.3 Å². The highest BCUT2D eigenvalue weighted by Gasteiger charge is 2.11. The van der Waals surface area contributed by atoms with Crippen LogP contribution in [0.3, 0.4) is 0 Å². The summed E-state index contributed by atoms with van der Waals surface area (Å²) in [7, 11) is 0. The maximum absolute atomic E-state index is 11.6. The number of hydrogen-bond donors (Lipinski definition) is 2.